The van der Waals surface area contributed by atoms with Crippen LogP contribution in [0.2, 0.25) is 0 Å². The molecule has 3 aliphatic rings. The molecule has 0 nitrogen and oxygen atoms in total. The van der Waals surface area contributed by atoms with E-state index in [0.717, 1.165) is 35.5 Å². The largest absolute Gasteiger partial charge is 0.0654 e. The van der Waals surface area contributed by atoms with Gasteiger partial charge in [0.2, 0.25) is 0 Å². The van der Waals surface area contributed by atoms with E-state index in [1.807, 2.05) is 0 Å². The van der Waals surface area contributed by atoms with Crippen LogP contribution in [0.4, 0.5) is 0 Å². The van der Waals surface area contributed by atoms with Crippen LogP contribution in [0.15, 0.2) is 0 Å². The molecule has 0 heterocycles. The Labute approximate surface area is 241 Å². The molecule has 224 valence electrons. The Morgan fingerprint density at radius 3 is 0.895 bits per heavy atom. The fourth-order valence-corrected chi connectivity index (χ4v) is 8.96. The average Bonchev–Trinajstić information content (AvgIpc) is 2.96. The number of unbranched alkanes of at least 4 members (excludes halogenated alkanes) is 12. The van der Waals surface area contributed by atoms with E-state index in [1.54, 1.807) is 103 Å². The predicted molar refractivity (Wildman–Crippen MR) is 171 cm³/mol. The van der Waals surface area contributed by atoms with E-state index in [2.05, 4.69) is 13.8 Å². The molecule has 0 amide bonds. The van der Waals surface area contributed by atoms with Crippen LogP contribution in [0.5, 0.6) is 0 Å². The molecular formula is C38H72. The van der Waals surface area contributed by atoms with Gasteiger partial charge >= 0.3 is 0 Å². The van der Waals surface area contributed by atoms with Gasteiger partial charge in [0.05, 0.1) is 0 Å². The molecule has 0 unspecified atom stereocenters. The molecule has 0 aromatic carbocycles. The van der Waals surface area contributed by atoms with E-state index in [0.29, 0.717) is 0 Å². The van der Waals surface area contributed by atoms with E-state index in [1.165, 1.54) is 89.9 Å². The van der Waals surface area contributed by atoms with Crippen LogP contribution in [0.3, 0.4) is 0 Å². The van der Waals surface area contributed by atoms with E-state index >= 15 is 0 Å². The van der Waals surface area contributed by atoms with E-state index in [-0.39, 0.29) is 0 Å². The second-order valence-electron chi connectivity index (χ2n) is 14.8. The molecular weight excluding hydrogens is 456 g/mol. The van der Waals surface area contributed by atoms with Gasteiger partial charge in [0.15, 0.2) is 0 Å². The lowest BCUT2D eigenvalue weighted by Crippen LogP contribution is -2.26. The second kappa shape index (κ2) is 20.8. The smallest absolute Gasteiger partial charge is 0.0386 e. The van der Waals surface area contributed by atoms with Crippen molar-refractivity contribution in [2.45, 2.75) is 206 Å². The third kappa shape index (κ3) is 13.6. The molecule has 0 atom stereocenters. The first-order valence-corrected chi connectivity index (χ1v) is 18.8. The Bertz CT molecular complexity index is 512. The van der Waals surface area contributed by atoms with Crippen molar-refractivity contribution >= 4 is 0 Å². The zero-order valence-corrected chi connectivity index (χ0v) is 26.7. The minimum absolute atomic E-state index is 1.09. The molecule has 0 aliphatic heterocycles. The van der Waals surface area contributed by atoms with Crippen LogP contribution in [0.25, 0.3) is 0 Å². The maximum absolute atomic E-state index is 2.33. The lowest BCUT2D eigenvalue weighted by molar-refractivity contribution is 0.135. The summed E-state index contributed by atoms with van der Waals surface area (Å²) in [4.78, 5) is 0. The van der Waals surface area contributed by atoms with Gasteiger partial charge in [0.25, 0.3) is 0 Å². The molecule has 3 fully saturated rings. The summed E-state index contributed by atoms with van der Waals surface area (Å²) in [6.07, 6.45) is 45.8. The quantitative estimate of drug-likeness (QED) is 0.138. The summed E-state index contributed by atoms with van der Waals surface area (Å²) in [5.74, 6) is 6.56. The molecule has 0 spiro atoms. The second-order valence-corrected chi connectivity index (χ2v) is 14.8. The maximum atomic E-state index is 2.33. The Kier molecular flexibility index (Phi) is 17.8. The first-order valence-electron chi connectivity index (χ1n) is 18.8. The third-order valence-electron chi connectivity index (χ3n) is 11.8. The highest BCUT2D eigenvalue weighted by Gasteiger charge is 2.31. The molecule has 0 heteroatoms. The normalized spacial score (nSPS) is 30.5. The fraction of sp³-hybridized carbons (Fsp3) is 1.00. The van der Waals surface area contributed by atoms with Crippen LogP contribution in [-0.2, 0) is 0 Å². The Morgan fingerprint density at radius 1 is 0.289 bits per heavy atom. The first kappa shape index (κ1) is 32.5. The molecule has 0 bridgehead atoms. The van der Waals surface area contributed by atoms with Gasteiger partial charge in [-0.05, 0) is 61.2 Å². The Morgan fingerprint density at radius 2 is 0.553 bits per heavy atom. The minimum Gasteiger partial charge on any atom is -0.0654 e. The first-order chi connectivity index (χ1) is 18.8. The molecule has 0 aromatic heterocycles. The summed E-state index contributed by atoms with van der Waals surface area (Å²) in [7, 11) is 0. The van der Waals surface area contributed by atoms with Crippen molar-refractivity contribution in [3.8, 4) is 0 Å². The van der Waals surface area contributed by atoms with Gasteiger partial charge < -0.3 is 0 Å². The minimum atomic E-state index is 1.09. The van der Waals surface area contributed by atoms with E-state index in [9.17, 15) is 0 Å². The molecule has 0 saturated heterocycles. The summed E-state index contributed by atoms with van der Waals surface area (Å²) in [6, 6.07) is 0. The topological polar surface area (TPSA) is 0 Å². The van der Waals surface area contributed by atoms with Crippen molar-refractivity contribution in [1.82, 2.24) is 0 Å². The van der Waals surface area contributed by atoms with Gasteiger partial charge in [-0.1, -0.05) is 181 Å². The molecule has 0 N–H and O–H groups in total. The number of hydrogen-bond acceptors (Lipinski definition) is 0. The fourth-order valence-electron chi connectivity index (χ4n) is 8.96. The number of hydrogen-bond donors (Lipinski definition) is 0. The van der Waals surface area contributed by atoms with E-state index < -0.39 is 0 Å². The monoisotopic (exact) mass is 529 g/mol. The van der Waals surface area contributed by atoms with Gasteiger partial charge in [0.1, 0.15) is 0 Å². The van der Waals surface area contributed by atoms with Crippen molar-refractivity contribution in [2.24, 2.45) is 35.5 Å². The van der Waals surface area contributed by atoms with Crippen molar-refractivity contribution < 1.29 is 0 Å². The van der Waals surface area contributed by atoms with Crippen molar-refractivity contribution in [3.05, 3.63) is 0 Å². The van der Waals surface area contributed by atoms with Gasteiger partial charge in [-0.25, -0.2) is 0 Å². The lowest BCUT2D eigenvalue weighted by Gasteiger charge is -2.38. The lowest BCUT2D eigenvalue weighted by atomic mass is 9.68. The van der Waals surface area contributed by atoms with Gasteiger partial charge in [-0.2, -0.15) is 0 Å². The molecule has 3 saturated carbocycles. The van der Waals surface area contributed by atoms with E-state index in [4.69, 9.17) is 0 Å². The molecule has 0 radical (unpaired) electrons. The SMILES string of the molecule is CCCCCCCCCC1CCC(CCC2CCC(C3CCC(CCCCCCCCC)CC3)CC2)CC1. The molecule has 3 aliphatic carbocycles. The highest BCUT2D eigenvalue weighted by atomic mass is 14.4. The summed E-state index contributed by atoms with van der Waals surface area (Å²) < 4.78 is 0. The Hall–Kier alpha value is 0. The van der Waals surface area contributed by atoms with Crippen LogP contribution >= 0.6 is 0 Å². The zero-order valence-electron chi connectivity index (χ0n) is 26.7. The summed E-state index contributed by atoms with van der Waals surface area (Å²) in [5.41, 5.74) is 0. The molecule has 0 aromatic rings. The average molecular weight is 529 g/mol. The van der Waals surface area contributed by atoms with Crippen LogP contribution in [0, 0.1) is 35.5 Å². The highest BCUT2D eigenvalue weighted by Crippen LogP contribution is 2.44. The van der Waals surface area contributed by atoms with Gasteiger partial charge in [0, 0.05) is 0 Å². The van der Waals surface area contributed by atoms with Crippen molar-refractivity contribution in [1.29, 1.82) is 0 Å². The van der Waals surface area contributed by atoms with Crippen molar-refractivity contribution in [3.63, 3.8) is 0 Å². The van der Waals surface area contributed by atoms with Gasteiger partial charge in [-0.3, -0.25) is 0 Å². The Balaban J connectivity index is 1.14. The summed E-state index contributed by atoms with van der Waals surface area (Å²) in [5, 5.41) is 0. The summed E-state index contributed by atoms with van der Waals surface area (Å²) >= 11 is 0. The van der Waals surface area contributed by atoms with Crippen LogP contribution in [0.1, 0.15) is 206 Å². The molecule has 38 heavy (non-hydrogen) atoms. The number of rotatable bonds is 20. The predicted octanol–water partition coefficient (Wildman–Crippen LogP) is 13.5. The van der Waals surface area contributed by atoms with Gasteiger partial charge in [-0.15, -0.1) is 0 Å². The highest BCUT2D eigenvalue weighted by molar-refractivity contribution is 4.83. The zero-order chi connectivity index (χ0) is 26.7. The van der Waals surface area contributed by atoms with Crippen molar-refractivity contribution in [2.75, 3.05) is 0 Å². The summed E-state index contributed by atoms with van der Waals surface area (Å²) in [6.45, 7) is 4.65. The maximum Gasteiger partial charge on any atom is -0.0386 e. The van der Waals surface area contributed by atoms with Crippen LogP contribution < -0.4 is 0 Å². The standard InChI is InChI=1S/C38H72/c1-3-5-7-9-11-13-15-17-33-19-21-35(22-20-33)23-24-36-27-31-38(32-28-36)37-29-25-34(26-30-37)18-16-14-12-10-8-6-4-2/h33-38H,3-32H2,1-2H3. The molecule has 3 rings (SSSR count). The van der Waals surface area contributed by atoms with Crippen LogP contribution in [-0.4, -0.2) is 0 Å². The third-order valence-corrected chi connectivity index (χ3v) is 11.8.